The lowest BCUT2D eigenvalue weighted by Crippen LogP contribution is -2.46. The average Bonchev–Trinajstić information content (AvgIpc) is 3.67. The van der Waals surface area contributed by atoms with Gasteiger partial charge in [-0.3, -0.25) is 24.1 Å². The maximum absolute atomic E-state index is 14.5. The first-order valence-electron chi connectivity index (χ1n) is 16.0. The maximum atomic E-state index is 14.5. The molecule has 9 nitrogen and oxygen atoms in total. The van der Waals surface area contributed by atoms with Crippen molar-refractivity contribution in [2.45, 2.75) is 32.4 Å². The molecule has 0 bridgehead atoms. The van der Waals surface area contributed by atoms with Gasteiger partial charge in [-0.1, -0.05) is 80.6 Å². The molecule has 0 unspecified atom stereocenters. The van der Waals surface area contributed by atoms with Gasteiger partial charge < -0.3 is 15.1 Å². The summed E-state index contributed by atoms with van der Waals surface area (Å²) in [5, 5.41) is 5.55. The molecular formula is C39H37N5O4S. The summed E-state index contributed by atoms with van der Waals surface area (Å²) in [6.45, 7) is 3.75. The molecule has 0 radical (unpaired) electrons. The van der Waals surface area contributed by atoms with Crippen molar-refractivity contribution in [1.29, 1.82) is 0 Å². The van der Waals surface area contributed by atoms with Crippen LogP contribution in [0.25, 0.3) is 11.3 Å². The number of rotatable bonds is 11. The van der Waals surface area contributed by atoms with E-state index in [2.05, 4.69) is 19.2 Å². The normalized spacial score (nSPS) is 13.0. The number of anilines is 3. The highest BCUT2D eigenvalue weighted by Gasteiger charge is 2.39. The average molecular weight is 672 g/mol. The van der Waals surface area contributed by atoms with Gasteiger partial charge in [0.25, 0.3) is 17.6 Å². The number of benzene rings is 4. The molecule has 1 atom stereocenters. The topological polar surface area (TPSA) is 103 Å². The second kappa shape index (κ2) is 14.2. The van der Waals surface area contributed by atoms with E-state index in [1.165, 1.54) is 21.1 Å². The van der Waals surface area contributed by atoms with Crippen LogP contribution >= 0.6 is 11.3 Å². The third-order valence-corrected chi connectivity index (χ3v) is 9.38. The minimum absolute atomic E-state index is 0.00244. The molecule has 5 aromatic rings. The van der Waals surface area contributed by atoms with Crippen molar-refractivity contribution >= 4 is 51.9 Å². The van der Waals surface area contributed by atoms with Crippen molar-refractivity contribution in [1.82, 2.24) is 9.88 Å². The Morgan fingerprint density at radius 3 is 2.16 bits per heavy atom. The first kappa shape index (κ1) is 33.3. The number of thiazole rings is 1. The van der Waals surface area contributed by atoms with Gasteiger partial charge in [0, 0.05) is 36.4 Å². The highest BCUT2D eigenvalue weighted by atomic mass is 32.1. The molecule has 1 aliphatic heterocycles. The molecule has 1 aromatic heterocycles. The molecule has 2 heterocycles. The van der Waals surface area contributed by atoms with Gasteiger partial charge in [0.05, 0.1) is 23.5 Å². The predicted molar refractivity (Wildman–Crippen MR) is 194 cm³/mol. The van der Waals surface area contributed by atoms with Gasteiger partial charge in [0.1, 0.15) is 17.6 Å². The fraction of sp³-hybridized carbons (Fsp3) is 0.205. The quantitative estimate of drug-likeness (QED) is 0.153. The molecule has 0 saturated heterocycles. The van der Waals surface area contributed by atoms with Crippen LogP contribution in [0, 0.1) is 0 Å². The summed E-state index contributed by atoms with van der Waals surface area (Å²) in [6, 6.07) is 30.4. The Balaban J connectivity index is 1.40. The molecule has 49 heavy (non-hydrogen) atoms. The Morgan fingerprint density at radius 1 is 0.837 bits per heavy atom. The molecule has 4 aromatic carbocycles. The van der Waals surface area contributed by atoms with Gasteiger partial charge >= 0.3 is 0 Å². The van der Waals surface area contributed by atoms with E-state index in [1.807, 2.05) is 103 Å². The number of para-hydroxylation sites is 1. The Hall–Kier alpha value is -5.61. The summed E-state index contributed by atoms with van der Waals surface area (Å²) in [6.07, 6.45) is 0. The molecule has 0 aliphatic carbocycles. The van der Waals surface area contributed by atoms with E-state index in [4.69, 9.17) is 4.98 Å². The number of aromatic nitrogens is 1. The highest BCUT2D eigenvalue weighted by molar-refractivity contribution is 7.09. The number of amides is 3. The van der Waals surface area contributed by atoms with Crippen molar-refractivity contribution in [2.75, 3.05) is 35.8 Å². The lowest BCUT2D eigenvalue weighted by molar-refractivity contribution is -0.139. The van der Waals surface area contributed by atoms with Gasteiger partial charge in [0.15, 0.2) is 0 Å². The van der Waals surface area contributed by atoms with Gasteiger partial charge in [-0.2, -0.15) is 0 Å². The Bertz CT molecular complexity index is 1990. The van der Waals surface area contributed by atoms with E-state index in [0.717, 1.165) is 22.5 Å². The SMILES string of the molecule is CC(C)c1ccc([C@H](C(=O)Nc2ccc(N(C)C)cc2)N(Cc2nc(-c3ccccc3)cs2)C(=O)CN2C(=O)C(=O)c3ccccc32)cc1. The first-order chi connectivity index (χ1) is 23.6. The molecule has 6 rings (SSSR count). The van der Waals surface area contributed by atoms with E-state index < -0.39 is 36.1 Å². The monoisotopic (exact) mass is 671 g/mol. The second-order valence-electron chi connectivity index (χ2n) is 12.4. The van der Waals surface area contributed by atoms with E-state index in [0.29, 0.717) is 21.9 Å². The highest BCUT2D eigenvalue weighted by Crippen LogP contribution is 2.32. The van der Waals surface area contributed by atoms with E-state index in [9.17, 15) is 19.2 Å². The van der Waals surface area contributed by atoms with Crippen LogP contribution in [-0.4, -0.2) is 54.0 Å². The van der Waals surface area contributed by atoms with Crippen molar-refractivity contribution in [3.8, 4) is 11.3 Å². The standard InChI is InChI=1S/C39H37N5O4S/c1-25(2)26-14-16-28(17-15-26)36(38(47)40-29-18-20-30(21-19-29)42(3)4)44(22-34-41-32(24-49-34)27-10-6-5-7-11-27)35(45)23-43-33-13-9-8-12-31(33)37(46)39(43)48/h5-21,24-25,36H,22-23H2,1-4H3,(H,40,47)/t36-/m1/s1. The van der Waals surface area contributed by atoms with Crippen molar-refractivity contribution in [3.05, 3.63) is 130 Å². The van der Waals surface area contributed by atoms with Crippen LogP contribution in [0.4, 0.5) is 17.1 Å². The number of hydrogen-bond donors (Lipinski definition) is 1. The third-order valence-electron chi connectivity index (χ3n) is 8.55. The molecule has 1 N–H and O–H groups in total. The third kappa shape index (κ3) is 7.14. The molecular weight excluding hydrogens is 635 g/mol. The van der Waals surface area contributed by atoms with Crippen molar-refractivity contribution in [2.24, 2.45) is 0 Å². The van der Waals surface area contributed by atoms with E-state index in [-0.39, 0.29) is 18.0 Å². The number of Topliss-reactive ketones (excluding diaryl/α,β-unsaturated/α-hetero) is 1. The van der Waals surface area contributed by atoms with Gasteiger partial charge in [-0.25, -0.2) is 4.98 Å². The Labute approximate surface area is 289 Å². The van der Waals surface area contributed by atoms with Crippen LogP contribution in [0.2, 0.25) is 0 Å². The summed E-state index contributed by atoms with van der Waals surface area (Å²) in [4.78, 5) is 64.3. The number of ketones is 1. The zero-order valence-corrected chi connectivity index (χ0v) is 28.6. The first-order valence-corrected chi connectivity index (χ1v) is 16.9. The Kier molecular flexibility index (Phi) is 9.68. The van der Waals surface area contributed by atoms with Crippen LogP contribution in [0.15, 0.2) is 109 Å². The summed E-state index contributed by atoms with van der Waals surface area (Å²) in [5.41, 5.74) is 5.54. The van der Waals surface area contributed by atoms with Gasteiger partial charge in [-0.15, -0.1) is 11.3 Å². The molecule has 0 saturated carbocycles. The number of fused-ring (bicyclic) bond motifs is 1. The van der Waals surface area contributed by atoms with Crippen LogP contribution in [0.5, 0.6) is 0 Å². The predicted octanol–water partition coefficient (Wildman–Crippen LogP) is 6.94. The fourth-order valence-electron chi connectivity index (χ4n) is 5.82. The maximum Gasteiger partial charge on any atom is 0.299 e. The number of hydrogen-bond acceptors (Lipinski definition) is 7. The summed E-state index contributed by atoms with van der Waals surface area (Å²) in [7, 11) is 3.87. The Morgan fingerprint density at radius 2 is 1.49 bits per heavy atom. The van der Waals surface area contributed by atoms with Gasteiger partial charge in [-0.05, 0) is 53.4 Å². The molecule has 3 amide bonds. The number of nitrogens with one attached hydrogen (secondary N) is 1. The fourth-order valence-corrected chi connectivity index (χ4v) is 6.62. The smallest absolute Gasteiger partial charge is 0.299 e. The number of carbonyl (C=O) groups excluding carboxylic acids is 4. The second-order valence-corrected chi connectivity index (χ2v) is 13.3. The lowest BCUT2D eigenvalue weighted by atomic mass is 9.97. The molecule has 10 heteroatoms. The summed E-state index contributed by atoms with van der Waals surface area (Å²) in [5.74, 6) is -2.11. The summed E-state index contributed by atoms with van der Waals surface area (Å²) < 4.78 is 0. The van der Waals surface area contributed by atoms with Gasteiger partial charge in [0.2, 0.25) is 5.91 Å². The zero-order chi connectivity index (χ0) is 34.7. The van der Waals surface area contributed by atoms with E-state index >= 15 is 0 Å². The number of nitrogens with zero attached hydrogens (tertiary/aromatic N) is 4. The van der Waals surface area contributed by atoms with Crippen molar-refractivity contribution in [3.63, 3.8) is 0 Å². The lowest BCUT2D eigenvalue weighted by Gasteiger charge is -2.32. The largest absolute Gasteiger partial charge is 0.378 e. The molecule has 0 fully saturated rings. The minimum atomic E-state index is -1.09. The van der Waals surface area contributed by atoms with Crippen LogP contribution in [-0.2, 0) is 20.9 Å². The van der Waals surface area contributed by atoms with E-state index in [1.54, 1.807) is 24.3 Å². The summed E-state index contributed by atoms with van der Waals surface area (Å²) >= 11 is 1.39. The molecule has 0 spiro atoms. The van der Waals surface area contributed by atoms with Crippen LogP contribution in [0.1, 0.15) is 52.3 Å². The van der Waals surface area contributed by atoms with Crippen LogP contribution < -0.4 is 15.1 Å². The zero-order valence-electron chi connectivity index (χ0n) is 27.8. The molecule has 1 aliphatic rings. The minimum Gasteiger partial charge on any atom is -0.378 e. The van der Waals surface area contributed by atoms with Crippen LogP contribution in [0.3, 0.4) is 0 Å². The number of carbonyl (C=O) groups is 4. The molecule has 248 valence electrons. The van der Waals surface area contributed by atoms with Crippen molar-refractivity contribution < 1.29 is 19.2 Å².